The van der Waals surface area contributed by atoms with E-state index < -0.39 is 5.97 Å². The number of benzene rings is 2. The fourth-order valence-electron chi connectivity index (χ4n) is 6.28. The van der Waals surface area contributed by atoms with Gasteiger partial charge in [0.05, 0.1) is 12.1 Å². The molecule has 5 rings (SSSR count). The van der Waals surface area contributed by atoms with Crippen LogP contribution in [-0.2, 0) is 17.6 Å². The maximum Gasteiger partial charge on any atom is 0.307 e. The summed E-state index contributed by atoms with van der Waals surface area (Å²) in [6, 6.07) is 12.5. The maximum absolute atomic E-state index is 12.2. The molecule has 1 aromatic heterocycles. The van der Waals surface area contributed by atoms with Gasteiger partial charge in [-0.1, -0.05) is 77.8 Å². The molecule has 0 unspecified atom stereocenters. The van der Waals surface area contributed by atoms with Gasteiger partial charge in [0.25, 0.3) is 0 Å². The Balaban J connectivity index is 0.000000752. The Labute approximate surface area is 282 Å². The van der Waals surface area contributed by atoms with Gasteiger partial charge in [0, 0.05) is 35.3 Å². The summed E-state index contributed by atoms with van der Waals surface area (Å²) >= 11 is 1.71. The molecule has 5 nitrogen and oxygen atoms in total. The van der Waals surface area contributed by atoms with Crippen LogP contribution >= 0.6 is 11.9 Å². The van der Waals surface area contributed by atoms with Crippen LogP contribution in [0.15, 0.2) is 48.7 Å². The highest BCUT2D eigenvalue weighted by atomic mass is 32.2. The summed E-state index contributed by atoms with van der Waals surface area (Å²) in [6.07, 6.45) is 18.5. The van der Waals surface area contributed by atoms with Crippen molar-refractivity contribution in [3.63, 3.8) is 0 Å². The zero-order valence-electron chi connectivity index (χ0n) is 29.5. The first-order chi connectivity index (χ1) is 21.6. The average molecular weight is 640 g/mol. The van der Waals surface area contributed by atoms with Gasteiger partial charge < -0.3 is 14.7 Å². The van der Waals surface area contributed by atoms with Gasteiger partial charge >= 0.3 is 5.97 Å². The molecule has 3 aromatic rings. The summed E-state index contributed by atoms with van der Waals surface area (Å²) in [4.78, 5) is 17.0. The fraction of sp³-hybridized carbons (Fsp3) is 0.450. The lowest BCUT2D eigenvalue weighted by atomic mass is 9.74. The van der Waals surface area contributed by atoms with Crippen molar-refractivity contribution in [1.82, 2.24) is 4.98 Å². The second-order valence-electron chi connectivity index (χ2n) is 14.8. The minimum Gasteiger partial charge on any atom is -0.481 e. The van der Waals surface area contributed by atoms with Gasteiger partial charge in [-0.3, -0.25) is 4.79 Å². The highest BCUT2D eigenvalue weighted by Gasteiger charge is 2.33. The Morgan fingerprint density at radius 2 is 1.74 bits per heavy atom. The Morgan fingerprint density at radius 1 is 1.11 bits per heavy atom. The Hall–Kier alpha value is -3.69. The van der Waals surface area contributed by atoms with Gasteiger partial charge in [-0.25, -0.2) is 4.98 Å². The van der Waals surface area contributed by atoms with E-state index in [1.165, 1.54) is 16.7 Å². The van der Waals surface area contributed by atoms with E-state index >= 15 is 0 Å². The first-order valence-electron chi connectivity index (χ1n) is 16.1. The Kier molecular flexibility index (Phi) is 12.2. The van der Waals surface area contributed by atoms with Gasteiger partial charge in [0.15, 0.2) is 0 Å². The van der Waals surface area contributed by atoms with Crippen molar-refractivity contribution in [2.45, 2.75) is 100 Å². The molecular formula is C40H53N3O2S. The smallest absolute Gasteiger partial charge is 0.307 e. The number of para-hydroxylation sites is 1. The third-order valence-corrected chi connectivity index (χ3v) is 9.29. The monoisotopic (exact) mass is 639 g/mol. The predicted octanol–water partition coefficient (Wildman–Crippen LogP) is 10.7. The lowest BCUT2D eigenvalue weighted by molar-refractivity contribution is -0.136. The van der Waals surface area contributed by atoms with Crippen LogP contribution in [0.2, 0.25) is 0 Å². The normalized spacial score (nSPS) is 16.7. The lowest BCUT2D eigenvalue weighted by Gasteiger charge is -2.34. The largest absolute Gasteiger partial charge is 0.481 e. The van der Waals surface area contributed by atoms with Gasteiger partial charge in [-0.15, -0.1) is 12.8 Å². The summed E-state index contributed by atoms with van der Waals surface area (Å²) in [7, 11) is 0. The molecule has 0 spiro atoms. The number of hydrogen-bond donors (Lipinski definition) is 2. The van der Waals surface area contributed by atoms with E-state index in [0.717, 1.165) is 70.7 Å². The minimum absolute atomic E-state index is 0.0255. The molecule has 0 bridgehead atoms. The molecule has 0 saturated carbocycles. The Morgan fingerprint density at radius 3 is 2.28 bits per heavy atom. The van der Waals surface area contributed by atoms with E-state index in [4.69, 9.17) is 4.98 Å². The second kappa shape index (κ2) is 15.3. The number of rotatable bonds is 6. The molecule has 246 valence electrons. The number of carboxylic acids is 1. The lowest BCUT2D eigenvalue weighted by Crippen LogP contribution is -2.28. The molecular weight excluding hydrogens is 587 g/mol. The van der Waals surface area contributed by atoms with Gasteiger partial charge in [0.2, 0.25) is 0 Å². The number of carboxylic acid groups (broad SMARTS) is 1. The van der Waals surface area contributed by atoms with Gasteiger partial charge in [-0.05, 0) is 109 Å². The van der Waals surface area contributed by atoms with E-state index in [1.807, 2.05) is 36.5 Å². The zero-order chi connectivity index (χ0) is 34.4. The molecule has 1 aliphatic heterocycles. The molecule has 1 atom stereocenters. The topological polar surface area (TPSA) is 65.5 Å². The minimum atomic E-state index is -0.786. The number of nitrogens with one attached hydrogen (secondary N) is 1. The van der Waals surface area contributed by atoms with Crippen molar-refractivity contribution in [1.29, 1.82) is 0 Å². The maximum atomic E-state index is 12.2. The van der Waals surface area contributed by atoms with Crippen LogP contribution in [0.3, 0.4) is 0 Å². The van der Waals surface area contributed by atoms with E-state index in [-0.39, 0.29) is 17.9 Å². The van der Waals surface area contributed by atoms with Crippen molar-refractivity contribution < 1.29 is 9.90 Å². The van der Waals surface area contributed by atoms with Crippen molar-refractivity contribution in [2.24, 2.45) is 10.8 Å². The first kappa shape index (κ1) is 36.8. The number of anilines is 3. The molecule has 0 fully saturated rings. The highest BCUT2D eigenvalue weighted by Crippen LogP contribution is 2.50. The average Bonchev–Trinajstić information content (AvgIpc) is 3.10. The van der Waals surface area contributed by atoms with E-state index in [2.05, 4.69) is 103 Å². The van der Waals surface area contributed by atoms with E-state index in [1.54, 1.807) is 11.9 Å². The van der Waals surface area contributed by atoms with Gasteiger partial charge in [-0.2, -0.15) is 0 Å². The standard InChI is InChI=1S/C33H39N3O2S.C5H12.C2H2/c1-20-16-24-17-28(35-25-10-8-7-9-11-25)34-19-27(24)31-22(3)30(23-12-14-33(4,5)15-13-23)26(18-29(37)38)21(2)32(31)36(20)39-6;1-5(2,3)4;1-2/h7-12,17,19-20H,13-16,18H2,1-6H3,(H,34,35)(H,37,38);1-4H3;1-2H/t20-;;/m0../s1. The third kappa shape index (κ3) is 8.97. The quantitative estimate of drug-likeness (QED) is 0.207. The van der Waals surface area contributed by atoms with E-state index in [0.29, 0.717) is 5.41 Å². The first-order valence-corrected chi connectivity index (χ1v) is 17.3. The molecule has 2 N–H and O–H groups in total. The number of allylic oxidation sites excluding steroid dienone is 2. The molecule has 2 heterocycles. The van der Waals surface area contributed by atoms with Crippen molar-refractivity contribution in [3.05, 3.63) is 76.5 Å². The molecule has 0 saturated heterocycles. The molecule has 46 heavy (non-hydrogen) atoms. The Bertz CT molecular complexity index is 1580. The molecule has 2 aliphatic rings. The SMILES string of the molecule is C#C.CC(C)(C)C.CSN1c2c(C)c(CC(=O)O)c(C3=CCC(C)(C)CC3)c(C)c2-c2cnc(Nc3ccccc3)cc2C[C@@H]1C. The van der Waals surface area contributed by atoms with Crippen LogP contribution in [0.4, 0.5) is 17.2 Å². The van der Waals surface area contributed by atoms with Crippen LogP contribution < -0.4 is 9.62 Å². The second-order valence-corrected chi connectivity index (χ2v) is 15.5. The number of nitrogens with zero attached hydrogens (tertiary/aromatic N) is 2. The molecule has 1 aliphatic carbocycles. The predicted molar refractivity (Wildman–Crippen MR) is 200 cm³/mol. The van der Waals surface area contributed by atoms with Crippen LogP contribution in [-0.4, -0.2) is 28.4 Å². The van der Waals surface area contributed by atoms with Crippen LogP contribution in [0.5, 0.6) is 0 Å². The molecule has 0 amide bonds. The summed E-state index contributed by atoms with van der Waals surface area (Å²) in [5.74, 6) is 0.0483. The molecule has 2 aromatic carbocycles. The van der Waals surface area contributed by atoms with Gasteiger partial charge in [0.1, 0.15) is 5.82 Å². The van der Waals surface area contributed by atoms with Crippen LogP contribution in [0.25, 0.3) is 16.7 Å². The number of terminal acetylenes is 1. The highest BCUT2D eigenvalue weighted by molar-refractivity contribution is 8.00. The number of pyridine rings is 1. The fourth-order valence-corrected chi connectivity index (χ4v) is 7.13. The third-order valence-electron chi connectivity index (χ3n) is 8.36. The summed E-state index contributed by atoms with van der Waals surface area (Å²) in [6.45, 7) is 19.9. The number of fused-ring (bicyclic) bond motifs is 3. The number of hydrogen-bond acceptors (Lipinski definition) is 5. The summed E-state index contributed by atoms with van der Waals surface area (Å²) in [5, 5.41) is 13.4. The van der Waals surface area contributed by atoms with Crippen molar-refractivity contribution >= 4 is 40.7 Å². The van der Waals surface area contributed by atoms with E-state index in [9.17, 15) is 9.90 Å². The van der Waals surface area contributed by atoms with Crippen LogP contribution in [0.1, 0.15) is 95.5 Å². The summed E-state index contributed by atoms with van der Waals surface area (Å²) in [5.41, 5.74) is 12.1. The van der Waals surface area contributed by atoms with Crippen molar-refractivity contribution in [3.8, 4) is 24.0 Å². The molecule has 0 radical (unpaired) electrons. The van der Waals surface area contributed by atoms with Crippen molar-refractivity contribution in [2.75, 3.05) is 15.9 Å². The van der Waals surface area contributed by atoms with Crippen LogP contribution in [0, 0.1) is 37.5 Å². The number of carbonyl (C=O) groups is 1. The summed E-state index contributed by atoms with van der Waals surface area (Å²) < 4.78 is 2.38. The number of aliphatic carboxylic acids is 1. The zero-order valence-corrected chi connectivity index (χ0v) is 30.4. The molecule has 6 heteroatoms. The number of aromatic nitrogens is 1.